The van der Waals surface area contributed by atoms with E-state index in [2.05, 4.69) is 0 Å². The van der Waals surface area contributed by atoms with Gasteiger partial charge in [-0.2, -0.15) is 0 Å². The van der Waals surface area contributed by atoms with Gasteiger partial charge in [-0.25, -0.2) is 0 Å². The van der Waals surface area contributed by atoms with Crippen LogP contribution in [0.2, 0.25) is 0 Å². The molecule has 0 fully saturated rings. The number of hydrogen-bond donors (Lipinski definition) is 2. The number of methoxy groups -OCH3 is 1. The average Bonchev–Trinajstić information content (AvgIpc) is 2.03. The molecule has 0 spiro atoms. The van der Waals surface area contributed by atoms with Crippen molar-refractivity contribution in [3.05, 3.63) is 0 Å². The SMILES string of the molecule is COCC(C)C(O)C(C)(C)CO. The van der Waals surface area contributed by atoms with Crippen LogP contribution in [-0.4, -0.2) is 36.6 Å². The highest BCUT2D eigenvalue weighted by atomic mass is 16.5. The van der Waals surface area contributed by atoms with Crippen molar-refractivity contribution in [3.63, 3.8) is 0 Å². The molecule has 0 amide bonds. The third-order valence-electron chi connectivity index (χ3n) is 2.18. The van der Waals surface area contributed by atoms with E-state index < -0.39 is 11.5 Å². The summed E-state index contributed by atoms with van der Waals surface area (Å²) >= 11 is 0. The summed E-state index contributed by atoms with van der Waals surface area (Å²) in [7, 11) is 1.61. The minimum Gasteiger partial charge on any atom is -0.396 e. The molecule has 0 aromatic rings. The molecule has 0 aromatic heterocycles. The van der Waals surface area contributed by atoms with Crippen molar-refractivity contribution in [1.29, 1.82) is 0 Å². The van der Waals surface area contributed by atoms with Crippen molar-refractivity contribution in [3.8, 4) is 0 Å². The van der Waals surface area contributed by atoms with E-state index >= 15 is 0 Å². The van der Waals surface area contributed by atoms with Gasteiger partial charge in [-0.15, -0.1) is 0 Å². The fourth-order valence-electron chi connectivity index (χ4n) is 1.22. The van der Waals surface area contributed by atoms with Crippen LogP contribution < -0.4 is 0 Å². The predicted octanol–water partition coefficient (Wildman–Crippen LogP) is 0.648. The van der Waals surface area contributed by atoms with Gasteiger partial charge in [0.1, 0.15) is 0 Å². The molecule has 0 saturated heterocycles. The fraction of sp³-hybridized carbons (Fsp3) is 1.00. The lowest BCUT2D eigenvalue weighted by molar-refractivity contribution is -0.0439. The maximum atomic E-state index is 9.74. The van der Waals surface area contributed by atoms with Gasteiger partial charge < -0.3 is 14.9 Å². The first-order valence-electron chi connectivity index (χ1n) is 4.23. The second kappa shape index (κ2) is 4.80. The lowest BCUT2D eigenvalue weighted by Crippen LogP contribution is -2.39. The number of rotatable bonds is 5. The van der Waals surface area contributed by atoms with Gasteiger partial charge in [-0.05, 0) is 0 Å². The van der Waals surface area contributed by atoms with E-state index in [1.807, 2.05) is 20.8 Å². The van der Waals surface area contributed by atoms with Gasteiger partial charge in [0.15, 0.2) is 0 Å². The molecule has 0 heterocycles. The zero-order chi connectivity index (χ0) is 9.78. The predicted molar refractivity (Wildman–Crippen MR) is 47.9 cm³/mol. The van der Waals surface area contributed by atoms with E-state index in [1.54, 1.807) is 7.11 Å². The van der Waals surface area contributed by atoms with Gasteiger partial charge in [-0.3, -0.25) is 0 Å². The molecule has 2 unspecified atom stereocenters. The molecule has 0 rings (SSSR count). The number of hydrogen-bond acceptors (Lipinski definition) is 3. The van der Waals surface area contributed by atoms with Crippen molar-refractivity contribution in [2.24, 2.45) is 11.3 Å². The minimum atomic E-state index is -0.526. The lowest BCUT2D eigenvalue weighted by Gasteiger charge is -2.32. The number of aliphatic hydroxyl groups excluding tert-OH is 2. The van der Waals surface area contributed by atoms with E-state index in [9.17, 15) is 5.11 Å². The van der Waals surface area contributed by atoms with Crippen LogP contribution in [0.1, 0.15) is 20.8 Å². The van der Waals surface area contributed by atoms with Crippen LogP contribution in [0, 0.1) is 11.3 Å². The largest absolute Gasteiger partial charge is 0.396 e. The first kappa shape index (κ1) is 11.9. The Bertz CT molecular complexity index is 123. The van der Waals surface area contributed by atoms with Crippen LogP contribution in [0.15, 0.2) is 0 Å². The van der Waals surface area contributed by atoms with E-state index in [0.29, 0.717) is 6.61 Å². The Morgan fingerprint density at radius 1 is 1.42 bits per heavy atom. The Morgan fingerprint density at radius 2 is 1.92 bits per heavy atom. The highest BCUT2D eigenvalue weighted by Crippen LogP contribution is 2.25. The Labute approximate surface area is 74.4 Å². The van der Waals surface area contributed by atoms with Crippen molar-refractivity contribution in [1.82, 2.24) is 0 Å². The van der Waals surface area contributed by atoms with Crippen molar-refractivity contribution in [2.45, 2.75) is 26.9 Å². The highest BCUT2D eigenvalue weighted by Gasteiger charge is 2.31. The molecule has 0 aromatic carbocycles. The Morgan fingerprint density at radius 3 is 2.25 bits per heavy atom. The molecular weight excluding hydrogens is 156 g/mol. The summed E-state index contributed by atoms with van der Waals surface area (Å²) in [6.07, 6.45) is -0.526. The van der Waals surface area contributed by atoms with E-state index in [0.717, 1.165) is 0 Å². The fourth-order valence-corrected chi connectivity index (χ4v) is 1.22. The second-order valence-corrected chi connectivity index (χ2v) is 4.02. The smallest absolute Gasteiger partial charge is 0.0660 e. The number of aliphatic hydroxyl groups is 2. The molecule has 0 aliphatic heterocycles. The third-order valence-corrected chi connectivity index (χ3v) is 2.18. The lowest BCUT2D eigenvalue weighted by atomic mass is 9.81. The number of ether oxygens (including phenoxy) is 1. The van der Waals surface area contributed by atoms with Gasteiger partial charge >= 0.3 is 0 Å². The van der Waals surface area contributed by atoms with Gasteiger partial charge in [-0.1, -0.05) is 20.8 Å². The molecule has 12 heavy (non-hydrogen) atoms. The molecule has 0 radical (unpaired) electrons. The summed E-state index contributed by atoms with van der Waals surface area (Å²) in [6, 6.07) is 0. The van der Waals surface area contributed by atoms with E-state index in [-0.39, 0.29) is 12.5 Å². The maximum Gasteiger partial charge on any atom is 0.0660 e. The summed E-state index contributed by atoms with van der Waals surface area (Å²) < 4.78 is 4.92. The summed E-state index contributed by atoms with van der Waals surface area (Å²) in [5.74, 6) is 0.0529. The van der Waals surface area contributed by atoms with E-state index in [1.165, 1.54) is 0 Å². The molecule has 0 aliphatic rings. The van der Waals surface area contributed by atoms with Crippen LogP contribution in [0.4, 0.5) is 0 Å². The molecule has 3 nitrogen and oxygen atoms in total. The molecule has 2 atom stereocenters. The summed E-state index contributed by atoms with van der Waals surface area (Å²) in [5, 5.41) is 18.7. The van der Waals surface area contributed by atoms with Crippen LogP contribution in [-0.2, 0) is 4.74 Å². The van der Waals surface area contributed by atoms with Gasteiger partial charge in [0.05, 0.1) is 19.3 Å². The first-order chi connectivity index (χ1) is 5.45. The molecule has 2 N–H and O–H groups in total. The Balaban J connectivity index is 4.07. The maximum absolute atomic E-state index is 9.74. The Kier molecular flexibility index (Phi) is 4.75. The highest BCUT2D eigenvalue weighted by molar-refractivity contribution is 4.80. The monoisotopic (exact) mass is 176 g/mol. The first-order valence-corrected chi connectivity index (χ1v) is 4.23. The standard InChI is InChI=1S/C9H20O3/c1-7(5-12-4)8(11)9(2,3)6-10/h7-8,10-11H,5-6H2,1-4H3. The minimum absolute atomic E-state index is 0.0117. The zero-order valence-corrected chi connectivity index (χ0v) is 8.37. The van der Waals surface area contributed by atoms with Crippen molar-refractivity contribution in [2.75, 3.05) is 20.3 Å². The van der Waals surface area contributed by atoms with Crippen molar-refractivity contribution < 1.29 is 14.9 Å². The van der Waals surface area contributed by atoms with Crippen molar-refractivity contribution >= 4 is 0 Å². The summed E-state index contributed by atoms with van der Waals surface area (Å²) in [6.45, 7) is 6.09. The van der Waals surface area contributed by atoms with Crippen LogP contribution in [0.5, 0.6) is 0 Å². The van der Waals surface area contributed by atoms with Gasteiger partial charge in [0.25, 0.3) is 0 Å². The molecule has 3 heteroatoms. The topological polar surface area (TPSA) is 49.7 Å². The molecule has 0 saturated carbocycles. The molecule has 74 valence electrons. The average molecular weight is 176 g/mol. The summed E-state index contributed by atoms with van der Waals surface area (Å²) in [4.78, 5) is 0. The quantitative estimate of drug-likeness (QED) is 0.646. The van der Waals surface area contributed by atoms with Gasteiger partial charge in [0.2, 0.25) is 0 Å². The molecular formula is C9H20O3. The van der Waals surface area contributed by atoms with Crippen LogP contribution in [0.3, 0.4) is 0 Å². The van der Waals surface area contributed by atoms with Gasteiger partial charge in [0, 0.05) is 18.4 Å². The van der Waals surface area contributed by atoms with E-state index in [4.69, 9.17) is 9.84 Å². The second-order valence-electron chi connectivity index (χ2n) is 4.02. The normalized spacial score (nSPS) is 17.5. The summed E-state index contributed by atoms with van der Waals surface area (Å²) in [5.41, 5.74) is -0.446. The molecule has 0 aliphatic carbocycles. The zero-order valence-electron chi connectivity index (χ0n) is 8.37. The molecule has 0 bridgehead atoms. The Hall–Kier alpha value is -0.120. The van der Waals surface area contributed by atoms with Crippen LogP contribution in [0.25, 0.3) is 0 Å². The van der Waals surface area contributed by atoms with Crippen LogP contribution >= 0.6 is 0 Å². The third kappa shape index (κ3) is 3.09.